The Labute approximate surface area is 99.5 Å². The molecule has 3 heteroatoms. The van der Waals surface area contributed by atoms with Crippen LogP contribution in [0.3, 0.4) is 0 Å². The van der Waals surface area contributed by atoms with Gasteiger partial charge in [0.2, 0.25) is 0 Å². The van der Waals surface area contributed by atoms with Gasteiger partial charge in [-0.25, -0.2) is 4.98 Å². The van der Waals surface area contributed by atoms with Crippen molar-refractivity contribution in [2.45, 2.75) is 25.2 Å². The number of nitrogens with one attached hydrogen (secondary N) is 1. The van der Waals surface area contributed by atoms with E-state index >= 15 is 0 Å². The van der Waals surface area contributed by atoms with Gasteiger partial charge in [0, 0.05) is 18.2 Å². The van der Waals surface area contributed by atoms with Crippen molar-refractivity contribution in [3.63, 3.8) is 0 Å². The van der Waals surface area contributed by atoms with Crippen LogP contribution in [0.15, 0.2) is 41.3 Å². The van der Waals surface area contributed by atoms with E-state index in [1.807, 2.05) is 0 Å². The molecule has 0 spiro atoms. The SMILES string of the molecule is O=c1ccnc(C2CCCc3ccccc32)[nH]1. The van der Waals surface area contributed by atoms with Crippen LogP contribution in [0.2, 0.25) is 0 Å². The predicted octanol–water partition coefficient (Wildman–Crippen LogP) is 2.24. The van der Waals surface area contributed by atoms with Crippen LogP contribution < -0.4 is 5.56 Å². The highest BCUT2D eigenvalue weighted by Crippen LogP contribution is 2.34. The third-order valence-electron chi connectivity index (χ3n) is 3.39. The van der Waals surface area contributed by atoms with Crippen LogP contribution in [-0.4, -0.2) is 9.97 Å². The first-order valence-corrected chi connectivity index (χ1v) is 5.97. The highest BCUT2D eigenvalue weighted by atomic mass is 16.1. The van der Waals surface area contributed by atoms with Gasteiger partial charge in [-0.2, -0.15) is 0 Å². The Morgan fingerprint density at radius 2 is 2.12 bits per heavy atom. The molecule has 1 aromatic carbocycles. The average molecular weight is 226 g/mol. The summed E-state index contributed by atoms with van der Waals surface area (Å²) in [4.78, 5) is 18.5. The number of rotatable bonds is 1. The van der Waals surface area contributed by atoms with Crippen LogP contribution in [0.5, 0.6) is 0 Å². The van der Waals surface area contributed by atoms with Crippen molar-refractivity contribution in [2.75, 3.05) is 0 Å². The predicted molar refractivity (Wildman–Crippen MR) is 66.1 cm³/mol. The maximum atomic E-state index is 11.3. The summed E-state index contributed by atoms with van der Waals surface area (Å²) in [5, 5.41) is 0. The van der Waals surface area contributed by atoms with Crippen LogP contribution >= 0.6 is 0 Å². The normalized spacial score (nSPS) is 18.7. The second-order valence-electron chi connectivity index (χ2n) is 4.46. The lowest BCUT2D eigenvalue weighted by atomic mass is 9.82. The minimum Gasteiger partial charge on any atom is -0.310 e. The molecule has 0 aliphatic heterocycles. The number of benzene rings is 1. The zero-order valence-electron chi connectivity index (χ0n) is 9.52. The zero-order chi connectivity index (χ0) is 11.7. The summed E-state index contributed by atoms with van der Waals surface area (Å²) in [6.07, 6.45) is 4.93. The molecule has 1 unspecified atom stereocenters. The lowest BCUT2D eigenvalue weighted by Gasteiger charge is -2.24. The highest BCUT2D eigenvalue weighted by molar-refractivity contribution is 5.36. The molecule has 0 fully saturated rings. The van der Waals surface area contributed by atoms with Crippen LogP contribution in [0.4, 0.5) is 0 Å². The molecule has 17 heavy (non-hydrogen) atoms. The fourth-order valence-corrected chi connectivity index (χ4v) is 2.60. The molecule has 0 bridgehead atoms. The lowest BCUT2D eigenvalue weighted by Crippen LogP contribution is -2.17. The zero-order valence-corrected chi connectivity index (χ0v) is 9.52. The highest BCUT2D eigenvalue weighted by Gasteiger charge is 2.22. The molecular formula is C14H14N2O. The largest absolute Gasteiger partial charge is 0.310 e. The molecule has 1 aromatic heterocycles. The quantitative estimate of drug-likeness (QED) is 0.810. The van der Waals surface area contributed by atoms with Crippen molar-refractivity contribution in [2.24, 2.45) is 0 Å². The Hall–Kier alpha value is -1.90. The van der Waals surface area contributed by atoms with Crippen molar-refractivity contribution in [3.8, 4) is 0 Å². The Balaban J connectivity index is 2.09. The standard InChI is InChI=1S/C14H14N2O/c17-13-8-9-15-14(16-13)12-7-3-5-10-4-1-2-6-11(10)12/h1-2,4,6,8-9,12H,3,5,7H2,(H,15,16,17). The molecule has 0 amide bonds. The van der Waals surface area contributed by atoms with Gasteiger partial charge in [0.15, 0.2) is 0 Å². The fraction of sp³-hybridized carbons (Fsp3) is 0.286. The molecule has 86 valence electrons. The van der Waals surface area contributed by atoms with E-state index in [0.717, 1.165) is 25.1 Å². The minimum absolute atomic E-state index is 0.0712. The first kappa shape index (κ1) is 10.3. The third kappa shape index (κ3) is 1.88. The molecule has 3 rings (SSSR count). The van der Waals surface area contributed by atoms with Gasteiger partial charge in [0.25, 0.3) is 5.56 Å². The fourth-order valence-electron chi connectivity index (χ4n) is 2.60. The summed E-state index contributed by atoms with van der Waals surface area (Å²) in [5.41, 5.74) is 2.63. The number of hydrogen-bond acceptors (Lipinski definition) is 2. The van der Waals surface area contributed by atoms with E-state index in [1.165, 1.54) is 17.2 Å². The summed E-state index contributed by atoms with van der Waals surface area (Å²) in [7, 11) is 0. The maximum absolute atomic E-state index is 11.3. The van der Waals surface area contributed by atoms with Crippen LogP contribution in [0.1, 0.15) is 35.7 Å². The molecule has 3 nitrogen and oxygen atoms in total. The topological polar surface area (TPSA) is 45.8 Å². The average Bonchev–Trinajstić information content (AvgIpc) is 2.38. The van der Waals surface area contributed by atoms with E-state index in [0.29, 0.717) is 0 Å². The molecule has 1 aliphatic rings. The number of aryl methyl sites for hydroxylation is 1. The van der Waals surface area contributed by atoms with E-state index in [9.17, 15) is 4.79 Å². The molecule has 2 aromatic rings. The molecule has 1 N–H and O–H groups in total. The summed E-state index contributed by atoms with van der Waals surface area (Å²) in [6, 6.07) is 9.90. The van der Waals surface area contributed by atoms with Crippen molar-refractivity contribution < 1.29 is 0 Å². The molecule has 1 aliphatic carbocycles. The van der Waals surface area contributed by atoms with Gasteiger partial charge >= 0.3 is 0 Å². The van der Waals surface area contributed by atoms with Gasteiger partial charge in [-0.1, -0.05) is 24.3 Å². The number of aromatic amines is 1. The number of aromatic nitrogens is 2. The van der Waals surface area contributed by atoms with Crippen molar-refractivity contribution in [3.05, 3.63) is 63.8 Å². The maximum Gasteiger partial charge on any atom is 0.250 e. The second-order valence-corrected chi connectivity index (χ2v) is 4.46. The van der Waals surface area contributed by atoms with Crippen molar-refractivity contribution in [1.82, 2.24) is 9.97 Å². The Kier molecular flexibility index (Phi) is 2.52. The number of hydrogen-bond donors (Lipinski definition) is 1. The molecular weight excluding hydrogens is 212 g/mol. The second kappa shape index (κ2) is 4.17. The van der Waals surface area contributed by atoms with Crippen LogP contribution in [0, 0.1) is 0 Å². The van der Waals surface area contributed by atoms with E-state index < -0.39 is 0 Å². The van der Waals surface area contributed by atoms with E-state index in [-0.39, 0.29) is 11.5 Å². The Bertz CT molecular complexity index is 589. The Morgan fingerprint density at radius 3 is 3.00 bits per heavy atom. The molecule has 0 saturated heterocycles. The van der Waals surface area contributed by atoms with Crippen LogP contribution in [0.25, 0.3) is 0 Å². The molecule has 0 saturated carbocycles. The summed E-state index contributed by atoms with van der Waals surface area (Å²) in [5.74, 6) is 1.04. The summed E-state index contributed by atoms with van der Waals surface area (Å²) < 4.78 is 0. The van der Waals surface area contributed by atoms with Gasteiger partial charge in [0.05, 0.1) is 0 Å². The number of fused-ring (bicyclic) bond motifs is 1. The van der Waals surface area contributed by atoms with Gasteiger partial charge in [-0.3, -0.25) is 4.79 Å². The Morgan fingerprint density at radius 1 is 1.24 bits per heavy atom. The van der Waals surface area contributed by atoms with Crippen molar-refractivity contribution >= 4 is 0 Å². The molecule has 0 radical (unpaired) electrons. The molecule has 1 atom stereocenters. The first-order chi connectivity index (χ1) is 8.34. The first-order valence-electron chi connectivity index (χ1n) is 5.97. The molecule has 1 heterocycles. The van der Waals surface area contributed by atoms with E-state index in [2.05, 4.69) is 34.2 Å². The summed E-state index contributed by atoms with van der Waals surface area (Å²) in [6.45, 7) is 0. The minimum atomic E-state index is -0.0712. The smallest absolute Gasteiger partial charge is 0.250 e. The van der Waals surface area contributed by atoms with Gasteiger partial charge in [-0.15, -0.1) is 0 Å². The monoisotopic (exact) mass is 226 g/mol. The summed E-state index contributed by atoms with van der Waals surface area (Å²) >= 11 is 0. The van der Waals surface area contributed by atoms with Crippen molar-refractivity contribution in [1.29, 1.82) is 0 Å². The van der Waals surface area contributed by atoms with Gasteiger partial charge in [-0.05, 0) is 30.4 Å². The lowest BCUT2D eigenvalue weighted by molar-refractivity contribution is 0.588. The number of H-pyrrole nitrogens is 1. The van der Waals surface area contributed by atoms with Gasteiger partial charge in [0.1, 0.15) is 5.82 Å². The number of nitrogens with zero attached hydrogens (tertiary/aromatic N) is 1. The van der Waals surface area contributed by atoms with E-state index in [4.69, 9.17) is 0 Å². The third-order valence-corrected chi connectivity index (χ3v) is 3.39. The van der Waals surface area contributed by atoms with Gasteiger partial charge < -0.3 is 4.98 Å². The van der Waals surface area contributed by atoms with Crippen LogP contribution in [-0.2, 0) is 6.42 Å². The van der Waals surface area contributed by atoms with E-state index in [1.54, 1.807) is 6.20 Å².